The van der Waals surface area contributed by atoms with Crippen molar-refractivity contribution in [1.29, 1.82) is 0 Å². The van der Waals surface area contributed by atoms with Crippen molar-refractivity contribution in [2.45, 2.75) is 18.4 Å². The second kappa shape index (κ2) is 3.40. The number of halogens is 1. The molecule has 0 amide bonds. The Balaban J connectivity index is 2.17. The van der Waals surface area contributed by atoms with Crippen LogP contribution in [-0.4, -0.2) is 9.78 Å². The average Bonchev–Trinajstić information content (AvgIpc) is 2.90. The van der Waals surface area contributed by atoms with E-state index in [1.54, 1.807) is 16.9 Å². The Morgan fingerprint density at radius 1 is 1.41 bits per heavy atom. The van der Waals surface area contributed by atoms with Crippen molar-refractivity contribution in [1.82, 2.24) is 9.78 Å². The molecule has 3 nitrogen and oxygen atoms in total. The van der Waals surface area contributed by atoms with Crippen LogP contribution in [0.2, 0.25) is 0 Å². The monoisotopic (exact) mass is 231 g/mol. The third kappa shape index (κ3) is 1.65. The molecular weight excluding hydrogens is 217 g/mol. The summed E-state index contributed by atoms with van der Waals surface area (Å²) in [5.41, 5.74) is 8.73. The van der Waals surface area contributed by atoms with Gasteiger partial charge in [0.15, 0.2) is 0 Å². The van der Waals surface area contributed by atoms with Crippen LogP contribution in [0.4, 0.5) is 4.39 Å². The van der Waals surface area contributed by atoms with E-state index in [1.165, 1.54) is 12.1 Å². The first-order valence-corrected chi connectivity index (χ1v) is 5.67. The highest BCUT2D eigenvalue weighted by Gasteiger charge is 2.43. The Labute approximate surface area is 99.1 Å². The summed E-state index contributed by atoms with van der Waals surface area (Å²) < 4.78 is 15.0. The maximum Gasteiger partial charge on any atom is 0.123 e. The van der Waals surface area contributed by atoms with Crippen LogP contribution < -0.4 is 5.73 Å². The van der Waals surface area contributed by atoms with Crippen molar-refractivity contribution in [2.75, 3.05) is 0 Å². The SMILES string of the molecule is Cn1ncc(C2(N)CC2)c1-c1cccc(F)c1. The van der Waals surface area contributed by atoms with E-state index in [0.29, 0.717) is 0 Å². The van der Waals surface area contributed by atoms with Crippen LogP contribution >= 0.6 is 0 Å². The Morgan fingerprint density at radius 2 is 2.18 bits per heavy atom. The number of benzene rings is 1. The number of aryl methyl sites for hydroxylation is 1. The van der Waals surface area contributed by atoms with E-state index in [0.717, 1.165) is 29.7 Å². The van der Waals surface area contributed by atoms with E-state index in [-0.39, 0.29) is 11.4 Å². The van der Waals surface area contributed by atoms with Crippen LogP contribution in [-0.2, 0) is 12.6 Å². The summed E-state index contributed by atoms with van der Waals surface area (Å²) in [6, 6.07) is 6.55. The molecule has 3 rings (SSSR count). The van der Waals surface area contributed by atoms with Gasteiger partial charge in [-0.05, 0) is 25.0 Å². The lowest BCUT2D eigenvalue weighted by Gasteiger charge is -2.11. The van der Waals surface area contributed by atoms with Crippen molar-refractivity contribution in [3.05, 3.63) is 41.8 Å². The highest BCUT2D eigenvalue weighted by molar-refractivity contribution is 5.65. The molecule has 0 aliphatic heterocycles. The summed E-state index contributed by atoms with van der Waals surface area (Å²) in [7, 11) is 1.86. The predicted octanol–water partition coefficient (Wildman–Crippen LogP) is 2.17. The molecule has 0 radical (unpaired) electrons. The summed E-state index contributed by atoms with van der Waals surface area (Å²) in [5, 5.41) is 4.24. The molecule has 1 saturated carbocycles. The van der Waals surface area contributed by atoms with Gasteiger partial charge in [-0.2, -0.15) is 5.10 Å². The molecule has 4 heteroatoms. The van der Waals surface area contributed by atoms with Gasteiger partial charge in [-0.1, -0.05) is 12.1 Å². The Bertz CT molecular complexity index is 570. The van der Waals surface area contributed by atoms with Gasteiger partial charge in [-0.15, -0.1) is 0 Å². The molecule has 1 heterocycles. The molecule has 0 unspecified atom stereocenters. The van der Waals surface area contributed by atoms with Gasteiger partial charge >= 0.3 is 0 Å². The second-order valence-electron chi connectivity index (χ2n) is 4.70. The topological polar surface area (TPSA) is 43.8 Å². The standard InChI is InChI=1S/C13H14FN3/c1-17-12(9-3-2-4-10(14)7-9)11(8-16-17)13(15)5-6-13/h2-4,7-8H,5-6,15H2,1H3. The molecule has 0 atom stereocenters. The number of hydrogen-bond acceptors (Lipinski definition) is 2. The molecule has 2 aromatic rings. The third-order valence-corrected chi connectivity index (χ3v) is 3.36. The molecule has 1 aromatic carbocycles. The van der Waals surface area contributed by atoms with Gasteiger partial charge in [0.2, 0.25) is 0 Å². The minimum absolute atomic E-state index is 0.239. The molecule has 0 saturated heterocycles. The maximum absolute atomic E-state index is 13.3. The first-order chi connectivity index (χ1) is 8.10. The molecule has 88 valence electrons. The number of rotatable bonds is 2. The van der Waals surface area contributed by atoms with Gasteiger partial charge in [0.05, 0.1) is 11.9 Å². The van der Waals surface area contributed by atoms with Crippen molar-refractivity contribution in [3.63, 3.8) is 0 Å². The van der Waals surface area contributed by atoms with E-state index < -0.39 is 0 Å². The van der Waals surface area contributed by atoms with Crippen LogP contribution in [0.5, 0.6) is 0 Å². The third-order valence-electron chi connectivity index (χ3n) is 3.36. The lowest BCUT2D eigenvalue weighted by Crippen LogP contribution is -2.19. The Morgan fingerprint density at radius 3 is 2.82 bits per heavy atom. The summed E-state index contributed by atoms with van der Waals surface area (Å²) in [6.07, 6.45) is 3.75. The number of hydrogen-bond donors (Lipinski definition) is 1. The van der Waals surface area contributed by atoms with Crippen LogP contribution in [0, 0.1) is 5.82 Å². The first-order valence-electron chi connectivity index (χ1n) is 5.67. The Hall–Kier alpha value is -1.68. The number of nitrogens with two attached hydrogens (primary N) is 1. The summed E-state index contributed by atoms with van der Waals surface area (Å²) in [6.45, 7) is 0. The number of nitrogens with zero attached hydrogens (tertiary/aromatic N) is 2. The van der Waals surface area contributed by atoms with E-state index >= 15 is 0 Å². The second-order valence-corrected chi connectivity index (χ2v) is 4.70. The van der Waals surface area contributed by atoms with Crippen LogP contribution in [0.3, 0.4) is 0 Å². The Kier molecular flexibility index (Phi) is 2.10. The molecule has 2 N–H and O–H groups in total. The van der Waals surface area contributed by atoms with E-state index in [4.69, 9.17) is 5.73 Å². The molecule has 1 fully saturated rings. The minimum Gasteiger partial charge on any atom is -0.321 e. The van der Waals surface area contributed by atoms with Crippen LogP contribution in [0.25, 0.3) is 11.3 Å². The fourth-order valence-electron chi connectivity index (χ4n) is 2.18. The summed E-state index contributed by atoms with van der Waals surface area (Å²) >= 11 is 0. The highest BCUT2D eigenvalue weighted by Crippen LogP contribution is 2.46. The largest absolute Gasteiger partial charge is 0.321 e. The van der Waals surface area contributed by atoms with E-state index in [1.807, 2.05) is 13.1 Å². The van der Waals surface area contributed by atoms with Crippen molar-refractivity contribution in [3.8, 4) is 11.3 Å². The zero-order valence-electron chi connectivity index (χ0n) is 9.65. The number of aromatic nitrogens is 2. The van der Waals surface area contributed by atoms with E-state index in [9.17, 15) is 4.39 Å². The first kappa shape index (κ1) is 10.5. The molecular formula is C13H14FN3. The molecule has 1 aromatic heterocycles. The lowest BCUT2D eigenvalue weighted by molar-refractivity contribution is 0.628. The van der Waals surface area contributed by atoms with Gasteiger partial charge in [0.1, 0.15) is 5.82 Å². The molecule has 1 aliphatic rings. The zero-order valence-corrected chi connectivity index (χ0v) is 9.65. The van der Waals surface area contributed by atoms with Gasteiger partial charge in [-0.25, -0.2) is 4.39 Å². The molecule has 0 bridgehead atoms. The maximum atomic E-state index is 13.3. The predicted molar refractivity (Wildman–Crippen MR) is 63.7 cm³/mol. The lowest BCUT2D eigenvalue weighted by atomic mass is 10.0. The van der Waals surface area contributed by atoms with Crippen LogP contribution in [0.15, 0.2) is 30.5 Å². The average molecular weight is 231 g/mol. The van der Waals surface area contributed by atoms with Crippen molar-refractivity contribution in [2.24, 2.45) is 12.8 Å². The smallest absolute Gasteiger partial charge is 0.123 e. The fourth-order valence-corrected chi connectivity index (χ4v) is 2.18. The zero-order chi connectivity index (χ0) is 12.0. The summed E-state index contributed by atoms with van der Waals surface area (Å²) in [5.74, 6) is -0.239. The molecule has 1 aliphatic carbocycles. The van der Waals surface area contributed by atoms with Gasteiger partial charge in [0, 0.05) is 23.7 Å². The normalized spacial score (nSPS) is 17.1. The van der Waals surface area contributed by atoms with Crippen LogP contribution in [0.1, 0.15) is 18.4 Å². The fraction of sp³-hybridized carbons (Fsp3) is 0.308. The van der Waals surface area contributed by atoms with Gasteiger partial charge < -0.3 is 5.73 Å². The quantitative estimate of drug-likeness (QED) is 0.860. The van der Waals surface area contributed by atoms with Crippen molar-refractivity contribution >= 4 is 0 Å². The minimum atomic E-state index is -0.254. The van der Waals surface area contributed by atoms with E-state index in [2.05, 4.69) is 5.10 Å². The van der Waals surface area contributed by atoms with Crippen molar-refractivity contribution < 1.29 is 4.39 Å². The molecule has 0 spiro atoms. The van der Waals surface area contributed by atoms with Gasteiger partial charge in [0.25, 0.3) is 0 Å². The molecule has 17 heavy (non-hydrogen) atoms. The highest BCUT2D eigenvalue weighted by atomic mass is 19.1. The summed E-state index contributed by atoms with van der Waals surface area (Å²) in [4.78, 5) is 0. The van der Waals surface area contributed by atoms with Gasteiger partial charge in [-0.3, -0.25) is 4.68 Å².